The molecule has 3 nitrogen and oxygen atoms in total. The lowest BCUT2D eigenvalue weighted by atomic mass is 10.1. The van der Waals surface area contributed by atoms with Gasteiger partial charge in [-0.25, -0.2) is 0 Å². The van der Waals surface area contributed by atoms with Gasteiger partial charge in [-0.15, -0.1) is 0 Å². The van der Waals surface area contributed by atoms with Crippen LogP contribution in [0.3, 0.4) is 0 Å². The van der Waals surface area contributed by atoms with Gasteiger partial charge >= 0.3 is 0 Å². The van der Waals surface area contributed by atoms with Gasteiger partial charge in [0.05, 0.1) is 0 Å². The third-order valence-electron chi connectivity index (χ3n) is 2.97. The molecule has 18 heavy (non-hydrogen) atoms. The molecular weight excluding hydrogens is 224 g/mol. The van der Waals surface area contributed by atoms with Crippen molar-refractivity contribution >= 4 is 17.3 Å². The summed E-state index contributed by atoms with van der Waals surface area (Å²) in [5.74, 6) is -0.0621. The number of hydrogen-bond donors (Lipinski definition) is 1. The fraction of sp³-hybridized carbons (Fsp3) is 0.133. The van der Waals surface area contributed by atoms with E-state index in [-0.39, 0.29) is 5.91 Å². The highest BCUT2D eigenvalue weighted by Crippen LogP contribution is 2.18. The Morgan fingerprint density at radius 3 is 2.39 bits per heavy atom. The fourth-order valence-corrected chi connectivity index (χ4v) is 1.74. The van der Waals surface area contributed by atoms with Gasteiger partial charge in [-0.3, -0.25) is 4.79 Å². The Labute approximate surface area is 107 Å². The van der Waals surface area contributed by atoms with E-state index in [0.29, 0.717) is 11.3 Å². The van der Waals surface area contributed by atoms with Gasteiger partial charge in [-0.2, -0.15) is 0 Å². The summed E-state index contributed by atoms with van der Waals surface area (Å²) in [4.78, 5) is 13.9. The van der Waals surface area contributed by atoms with Gasteiger partial charge in [0, 0.05) is 24.0 Å². The number of carbonyl (C=O) groups is 1. The summed E-state index contributed by atoms with van der Waals surface area (Å²) < 4.78 is 0. The van der Waals surface area contributed by atoms with E-state index in [4.69, 9.17) is 5.73 Å². The maximum absolute atomic E-state index is 12.3. The Morgan fingerprint density at radius 2 is 1.78 bits per heavy atom. The molecule has 0 aliphatic rings. The Bertz CT molecular complexity index is 564. The number of amides is 1. The van der Waals surface area contributed by atoms with Crippen molar-refractivity contribution in [2.45, 2.75) is 6.92 Å². The molecule has 2 aromatic rings. The molecule has 0 saturated heterocycles. The van der Waals surface area contributed by atoms with E-state index in [2.05, 4.69) is 0 Å². The molecule has 2 N–H and O–H groups in total. The van der Waals surface area contributed by atoms with E-state index in [1.54, 1.807) is 24.1 Å². The standard InChI is InChI=1S/C15H16N2O/c1-11-8-9-12(10-14(11)16)15(18)17(2)13-6-4-3-5-7-13/h3-10H,16H2,1-2H3. The largest absolute Gasteiger partial charge is 0.398 e. The number of nitrogen functional groups attached to an aromatic ring is 1. The van der Waals surface area contributed by atoms with Crippen LogP contribution in [0.25, 0.3) is 0 Å². The summed E-state index contributed by atoms with van der Waals surface area (Å²) in [6.07, 6.45) is 0. The number of anilines is 2. The molecule has 92 valence electrons. The summed E-state index contributed by atoms with van der Waals surface area (Å²) in [7, 11) is 1.76. The van der Waals surface area contributed by atoms with Crippen molar-refractivity contribution in [3.63, 3.8) is 0 Å². The van der Waals surface area contributed by atoms with Crippen molar-refractivity contribution in [1.29, 1.82) is 0 Å². The van der Waals surface area contributed by atoms with E-state index < -0.39 is 0 Å². The molecule has 0 aliphatic carbocycles. The van der Waals surface area contributed by atoms with E-state index in [9.17, 15) is 4.79 Å². The number of rotatable bonds is 2. The molecule has 0 spiro atoms. The topological polar surface area (TPSA) is 46.3 Å². The summed E-state index contributed by atoms with van der Waals surface area (Å²) in [6.45, 7) is 1.92. The lowest BCUT2D eigenvalue weighted by molar-refractivity contribution is 0.0993. The summed E-state index contributed by atoms with van der Waals surface area (Å²) in [6, 6.07) is 14.9. The fourth-order valence-electron chi connectivity index (χ4n) is 1.74. The summed E-state index contributed by atoms with van der Waals surface area (Å²) in [5.41, 5.74) is 8.91. The second-order valence-corrected chi connectivity index (χ2v) is 4.27. The van der Waals surface area contributed by atoms with Crippen molar-refractivity contribution in [3.8, 4) is 0 Å². The lowest BCUT2D eigenvalue weighted by Gasteiger charge is -2.17. The maximum Gasteiger partial charge on any atom is 0.258 e. The van der Waals surface area contributed by atoms with Crippen LogP contribution in [0.5, 0.6) is 0 Å². The molecule has 0 radical (unpaired) electrons. The van der Waals surface area contributed by atoms with Crippen molar-refractivity contribution in [2.75, 3.05) is 17.7 Å². The molecule has 0 bridgehead atoms. The zero-order chi connectivity index (χ0) is 13.1. The van der Waals surface area contributed by atoms with Crippen LogP contribution in [0.4, 0.5) is 11.4 Å². The first-order valence-electron chi connectivity index (χ1n) is 5.79. The Balaban J connectivity index is 2.29. The second kappa shape index (κ2) is 4.92. The minimum Gasteiger partial charge on any atom is -0.398 e. The van der Waals surface area contributed by atoms with Crippen LogP contribution in [-0.2, 0) is 0 Å². The lowest BCUT2D eigenvalue weighted by Crippen LogP contribution is -2.26. The van der Waals surface area contributed by atoms with E-state index in [1.807, 2.05) is 43.3 Å². The number of para-hydroxylation sites is 1. The van der Waals surface area contributed by atoms with Crippen molar-refractivity contribution in [1.82, 2.24) is 0 Å². The minimum absolute atomic E-state index is 0.0621. The minimum atomic E-state index is -0.0621. The predicted octanol–water partition coefficient (Wildman–Crippen LogP) is 2.85. The molecule has 0 saturated carbocycles. The van der Waals surface area contributed by atoms with Crippen molar-refractivity contribution in [2.24, 2.45) is 0 Å². The van der Waals surface area contributed by atoms with Crippen LogP contribution < -0.4 is 10.6 Å². The first-order valence-corrected chi connectivity index (χ1v) is 5.79. The SMILES string of the molecule is Cc1ccc(C(=O)N(C)c2ccccc2)cc1N. The molecule has 0 fully saturated rings. The average Bonchev–Trinajstić information content (AvgIpc) is 2.41. The number of benzene rings is 2. The van der Waals surface area contributed by atoms with Gasteiger partial charge in [0.15, 0.2) is 0 Å². The van der Waals surface area contributed by atoms with E-state index in [1.165, 1.54) is 0 Å². The smallest absolute Gasteiger partial charge is 0.258 e. The van der Waals surface area contributed by atoms with Gasteiger partial charge in [0.25, 0.3) is 5.91 Å². The molecule has 0 unspecified atom stereocenters. The molecule has 0 aromatic heterocycles. The third kappa shape index (κ3) is 2.35. The van der Waals surface area contributed by atoms with Crippen LogP contribution >= 0.6 is 0 Å². The Morgan fingerprint density at radius 1 is 1.11 bits per heavy atom. The van der Waals surface area contributed by atoms with Crippen LogP contribution in [0.1, 0.15) is 15.9 Å². The molecule has 2 aromatic carbocycles. The number of carbonyl (C=O) groups excluding carboxylic acids is 1. The van der Waals surface area contributed by atoms with E-state index in [0.717, 1.165) is 11.3 Å². The summed E-state index contributed by atoms with van der Waals surface area (Å²) >= 11 is 0. The van der Waals surface area contributed by atoms with Crippen LogP contribution in [0.15, 0.2) is 48.5 Å². The zero-order valence-electron chi connectivity index (χ0n) is 10.6. The monoisotopic (exact) mass is 240 g/mol. The van der Waals surface area contributed by atoms with Gasteiger partial charge < -0.3 is 10.6 Å². The van der Waals surface area contributed by atoms with Crippen LogP contribution in [0, 0.1) is 6.92 Å². The highest BCUT2D eigenvalue weighted by atomic mass is 16.2. The molecular formula is C15H16N2O. The van der Waals surface area contributed by atoms with E-state index >= 15 is 0 Å². The van der Waals surface area contributed by atoms with Crippen LogP contribution in [0.2, 0.25) is 0 Å². The number of nitrogens with two attached hydrogens (primary N) is 1. The highest BCUT2D eigenvalue weighted by Gasteiger charge is 2.13. The first-order chi connectivity index (χ1) is 8.59. The predicted molar refractivity (Wildman–Crippen MR) is 74.8 cm³/mol. The van der Waals surface area contributed by atoms with Gasteiger partial charge in [-0.05, 0) is 36.8 Å². The molecule has 0 heterocycles. The average molecular weight is 240 g/mol. The second-order valence-electron chi connectivity index (χ2n) is 4.27. The molecule has 0 atom stereocenters. The first kappa shape index (κ1) is 12.2. The van der Waals surface area contributed by atoms with Crippen molar-refractivity contribution in [3.05, 3.63) is 59.7 Å². The third-order valence-corrected chi connectivity index (χ3v) is 2.97. The van der Waals surface area contributed by atoms with Gasteiger partial charge in [0.2, 0.25) is 0 Å². The highest BCUT2D eigenvalue weighted by molar-refractivity contribution is 6.06. The number of nitrogens with zero attached hydrogens (tertiary/aromatic N) is 1. The summed E-state index contributed by atoms with van der Waals surface area (Å²) in [5, 5.41) is 0. The number of aryl methyl sites for hydroxylation is 1. The van der Waals surface area contributed by atoms with Crippen LogP contribution in [-0.4, -0.2) is 13.0 Å². The normalized spacial score (nSPS) is 10.1. The quantitative estimate of drug-likeness (QED) is 0.820. The molecule has 3 heteroatoms. The molecule has 0 aliphatic heterocycles. The molecule has 1 amide bonds. The van der Waals surface area contributed by atoms with Gasteiger partial charge in [0.1, 0.15) is 0 Å². The van der Waals surface area contributed by atoms with Gasteiger partial charge in [-0.1, -0.05) is 24.3 Å². The Hall–Kier alpha value is -2.29. The zero-order valence-corrected chi connectivity index (χ0v) is 10.6. The van der Waals surface area contributed by atoms with Crippen molar-refractivity contribution < 1.29 is 4.79 Å². The molecule has 2 rings (SSSR count). The maximum atomic E-state index is 12.3. The Kier molecular flexibility index (Phi) is 3.33. The number of hydrogen-bond acceptors (Lipinski definition) is 2.